The highest BCUT2D eigenvalue weighted by atomic mass is 35.5. The van der Waals surface area contributed by atoms with Crippen molar-refractivity contribution in [2.75, 3.05) is 0 Å². The van der Waals surface area contributed by atoms with Crippen LogP contribution in [0.1, 0.15) is 17.0 Å². The summed E-state index contributed by atoms with van der Waals surface area (Å²) in [6.07, 6.45) is 0.676. The molecule has 3 heteroatoms. The first-order valence-corrected chi connectivity index (χ1v) is 6.34. The van der Waals surface area contributed by atoms with E-state index in [2.05, 4.69) is 6.07 Å². The standard InChI is InChI=1S/C15H11Cl2N/c16-14-5-1-11(2-6-14)9-13(10-18)12-3-7-15(17)8-4-12/h1-8,13H,9H2. The average molecular weight is 276 g/mol. The Labute approximate surface area is 117 Å². The zero-order valence-electron chi connectivity index (χ0n) is 9.61. The van der Waals surface area contributed by atoms with Crippen molar-refractivity contribution in [3.63, 3.8) is 0 Å². The fraction of sp³-hybridized carbons (Fsp3) is 0.133. The Kier molecular flexibility index (Phi) is 4.25. The van der Waals surface area contributed by atoms with E-state index in [1.807, 2.05) is 48.5 Å². The van der Waals surface area contributed by atoms with E-state index in [-0.39, 0.29) is 5.92 Å². The lowest BCUT2D eigenvalue weighted by molar-refractivity contribution is 0.849. The second kappa shape index (κ2) is 5.91. The van der Waals surface area contributed by atoms with Gasteiger partial charge in [0.05, 0.1) is 12.0 Å². The van der Waals surface area contributed by atoms with Crippen molar-refractivity contribution in [1.29, 1.82) is 5.26 Å². The quantitative estimate of drug-likeness (QED) is 0.786. The summed E-state index contributed by atoms with van der Waals surface area (Å²) in [4.78, 5) is 0. The van der Waals surface area contributed by atoms with Gasteiger partial charge in [0.2, 0.25) is 0 Å². The molecule has 0 spiro atoms. The Balaban J connectivity index is 2.17. The molecule has 2 rings (SSSR count). The topological polar surface area (TPSA) is 23.8 Å². The van der Waals surface area contributed by atoms with E-state index in [1.165, 1.54) is 0 Å². The zero-order chi connectivity index (χ0) is 13.0. The van der Waals surface area contributed by atoms with Crippen LogP contribution in [-0.2, 0) is 6.42 Å². The van der Waals surface area contributed by atoms with Crippen LogP contribution >= 0.6 is 23.2 Å². The molecule has 1 atom stereocenters. The van der Waals surface area contributed by atoms with Crippen LogP contribution in [0.25, 0.3) is 0 Å². The Hall–Kier alpha value is -1.49. The van der Waals surface area contributed by atoms with E-state index >= 15 is 0 Å². The highest BCUT2D eigenvalue weighted by Gasteiger charge is 2.11. The Morgan fingerprint density at radius 1 is 0.889 bits per heavy atom. The number of hydrogen-bond donors (Lipinski definition) is 0. The van der Waals surface area contributed by atoms with Crippen molar-refractivity contribution < 1.29 is 0 Å². The Bertz CT molecular complexity index is 553. The number of nitriles is 1. The number of hydrogen-bond acceptors (Lipinski definition) is 1. The minimum atomic E-state index is -0.163. The second-order valence-electron chi connectivity index (χ2n) is 4.06. The molecule has 1 unspecified atom stereocenters. The Morgan fingerprint density at radius 3 is 1.89 bits per heavy atom. The van der Waals surface area contributed by atoms with E-state index in [4.69, 9.17) is 23.2 Å². The van der Waals surface area contributed by atoms with Crippen LogP contribution in [0.4, 0.5) is 0 Å². The molecule has 0 bridgehead atoms. The number of halogens is 2. The van der Waals surface area contributed by atoms with Crippen molar-refractivity contribution in [2.45, 2.75) is 12.3 Å². The molecule has 0 saturated heterocycles. The van der Waals surface area contributed by atoms with Crippen molar-refractivity contribution in [3.05, 3.63) is 69.7 Å². The minimum Gasteiger partial charge on any atom is -0.198 e. The average Bonchev–Trinajstić information content (AvgIpc) is 2.39. The lowest BCUT2D eigenvalue weighted by Gasteiger charge is -2.09. The molecule has 0 saturated carbocycles. The molecular weight excluding hydrogens is 265 g/mol. The predicted octanol–water partition coefficient (Wildman–Crippen LogP) is 4.84. The van der Waals surface area contributed by atoms with Gasteiger partial charge in [0.1, 0.15) is 0 Å². The molecule has 90 valence electrons. The Morgan fingerprint density at radius 2 is 1.39 bits per heavy atom. The first-order chi connectivity index (χ1) is 8.69. The summed E-state index contributed by atoms with van der Waals surface area (Å²) in [7, 11) is 0. The van der Waals surface area contributed by atoms with Crippen LogP contribution in [0.5, 0.6) is 0 Å². The second-order valence-corrected chi connectivity index (χ2v) is 4.94. The zero-order valence-corrected chi connectivity index (χ0v) is 11.1. The maximum atomic E-state index is 9.26. The van der Waals surface area contributed by atoms with Crippen molar-refractivity contribution in [1.82, 2.24) is 0 Å². The van der Waals surface area contributed by atoms with Gasteiger partial charge in [0, 0.05) is 10.0 Å². The third-order valence-electron chi connectivity index (χ3n) is 2.78. The van der Waals surface area contributed by atoms with Crippen molar-refractivity contribution in [3.8, 4) is 6.07 Å². The summed E-state index contributed by atoms with van der Waals surface area (Å²) in [6, 6.07) is 17.3. The normalized spacial score (nSPS) is 11.8. The van der Waals surface area contributed by atoms with Crippen LogP contribution in [0.15, 0.2) is 48.5 Å². The molecule has 0 amide bonds. The fourth-order valence-corrected chi connectivity index (χ4v) is 2.04. The molecule has 18 heavy (non-hydrogen) atoms. The van der Waals surface area contributed by atoms with Gasteiger partial charge in [-0.05, 0) is 41.8 Å². The van der Waals surface area contributed by atoms with Crippen LogP contribution in [0, 0.1) is 11.3 Å². The molecule has 0 aromatic heterocycles. The molecule has 0 aliphatic carbocycles. The van der Waals surface area contributed by atoms with Gasteiger partial charge in [0.15, 0.2) is 0 Å². The summed E-state index contributed by atoms with van der Waals surface area (Å²) in [6.45, 7) is 0. The summed E-state index contributed by atoms with van der Waals surface area (Å²) < 4.78 is 0. The maximum Gasteiger partial charge on any atom is 0.0753 e. The van der Waals surface area contributed by atoms with E-state index in [1.54, 1.807) is 0 Å². The summed E-state index contributed by atoms with van der Waals surface area (Å²) in [5, 5.41) is 10.6. The fourth-order valence-electron chi connectivity index (χ4n) is 1.79. The maximum absolute atomic E-state index is 9.26. The summed E-state index contributed by atoms with van der Waals surface area (Å²) >= 11 is 11.7. The van der Waals surface area contributed by atoms with Crippen molar-refractivity contribution >= 4 is 23.2 Å². The summed E-state index contributed by atoms with van der Waals surface area (Å²) in [5.74, 6) is -0.163. The molecule has 0 aliphatic heterocycles. The SMILES string of the molecule is N#CC(Cc1ccc(Cl)cc1)c1ccc(Cl)cc1. The number of nitrogens with zero attached hydrogens (tertiary/aromatic N) is 1. The molecule has 0 aliphatic rings. The highest BCUT2D eigenvalue weighted by Crippen LogP contribution is 2.22. The smallest absolute Gasteiger partial charge is 0.0753 e. The van der Waals surface area contributed by atoms with Gasteiger partial charge >= 0.3 is 0 Å². The number of benzene rings is 2. The number of rotatable bonds is 3. The van der Waals surface area contributed by atoms with Crippen LogP contribution in [0.3, 0.4) is 0 Å². The van der Waals surface area contributed by atoms with Gasteiger partial charge < -0.3 is 0 Å². The van der Waals surface area contributed by atoms with Gasteiger partial charge in [-0.1, -0.05) is 47.5 Å². The van der Waals surface area contributed by atoms with Gasteiger partial charge in [-0.25, -0.2) is 0 Å². The monoisotopic (exact) mass is 275 g/mol. The highest BCUT2D eigenvalue weighted by molar-refractivity contribution is 6.30. The molecule has 2 aromatic rings. The van der Waals surface area contributed by atoms with Crippen LogP contribution in [0.2, 0.25) is 10.0 Å². The van der Waals surface area contributed by atoms with Crippen LogP contribution in [-0.4, -0.2) is 0 Å². The van der Waals surface area contributed by atoms with E-state index in [0.717, 1.165) is 11.1 Å². The van der Waals surface area contributed by atoms with Crippen LogP contribution < -0.4 is 0 Å². The molecule has 2 aromatic carbocycles. The molecule has 0 fully saturated rings. The van der Waals surface area contributed by atoms with Crippen molar-refractivity contribution in [2.24, 2.45) is 0 Å². The largest absolute Gasteiger partial charge is 0.198 e. The van der Waals surface area contributed by atoms with Gasteiger partial charge in [0.25, 0.3) is 0 Å². The molecule has 0 heterocycles. The molecular formula is C15H11Cl2N. The first-order valence-electron chi connectivity index (χ1n) is 5.58. The third-order valence-corrected chi connectivity index (χ3v) is 3.29. The van der Waals surface area contributed by atoms with Gasteiger partial charge in [-0.2, -0.15) is 5.26 Å². The van der Waals surface area contributed by atoms with Gasteiger partial charge in [-0.3, -0.25) is 0 Å². The summed E-state index contributed by atoms with van der Waals surface area (Å²) in [5.41, 5.74) is 2.08. The molecule has 0 N–H and O–H groups in total. The lowest BCUT2D eigenvalue weighted by Crippen LogP contribution is -2.00. The van der Waals surface area contributed by atoms with E-state index < -0.39 is 0 Å². The first kappa shape index (κ1) is 13.0. The molecule has 1 nitrogen and oxygen atoms in total. The van der Waals surface area contributed by atoms with E-state index in [0.29, 0.717) is 16.5 Å². The van der Waals surface area contributed by atoms with E-state index in [9.17, 15) is 5.26 Å². The molecule has 0 radical (unpaired) electrons. The lowest BCUT2D eigenvalue weighted by atomic mass is 9.93. The van der Waals surface area contributed by atoms with Gasteiger partial charge in [-0.15, -0.1) is 0 Å². The third kappa shape index (κ3) is 3.26. The minimum absolute atomic E-state index is 0.163. The predicted molar refractivity (Wildman–Crippen MR) is 75.0 cm³/mol.